The first kappa shape index (κ1) is 20.4. The zero-order valence-corrected chi connectivity index (χ0v) is 15.7. The summed E-state index contributed by atoms with van der Waals surface area (Å²) in [4.78, 5) is 11.4. The summed E-state index contributed by atoms with van der Waals surface area (Å²) in [5.74, 6) is -0.571. The number of hydrogen-bond acceptors (Lipinski definition) is 7. The van der Waals surface area contributed by atoms with Crippen LogP contribution in [-0.2, 0) is 0 Å². The fourth-order valence-corrected chi connectivity index (χ4v) is 2.61. The third kappa shape index (κ3) is 4.41. The summed E-state index contributed by atoms with van der Waals surface area (Å²) < 4.78 is 11.5. The Morgan fingerprint density at radius 1 is 0.645 bits per heavy atom. The number of nitrogens with zero attached hydrogens (tertiary/aromatic N) is 4. The predicted octanol–water partition coefficient (Wildman–Crippen LogP) is 4.46. The molecule has 0 spiro atoms. The molecule has 0 aliphatic rings. The lowest BCUT2D eigenvalue weighted by Gasteiger charge is -2.14. The van der Waals surface area contributed by atoms with Crippen LogP contribution < -0.4 is 9.47 Å². The highest BCUT2D eigenvalue weighted by Gasteiger charge is 2.15. The Morgan fingerprint density at radius 3 is 1.58 bits per heavy atom. The van der Waals surface area contributed by atoms with Crippen LogP contribution in [0.5, 0.6) is 23.0 Å². The Hall–Kier alpha value is -5.31. The number of aromatic carboxylic acids is 1. The van der Waals surface area contributed by atoms with E-state index in [1.807, 2.05) is 24.3 Å². The van der Waals surface area contributed by atoms with Gasteiger partial charge in [-0.05, 0) is 54.6 Å². The minimum absolute atomic E-state index is 0.0383. The Balaban J connectivity index is 2.02. The van der Waals surface area contributed by atoms with Gasteiger partial charge < -0.3 is 14.6 Å². The van der Waals surface area contributed by atoms with Gasteiger partial charge in [0.05, 0.1) is 27.8 Å². The first-order valence-corrected chi connectivity index (χ1v) is 8.60. The van der Waals surface area contributed by atoms with Crippen LogP contribution in [0.3, 0.4) is 0 Å². The van der Waals surface area contributed by atoms with Gasteiger partial charge in [-0.15, -0.1) is 0 Å². The van der Waals surface area contributed by atoms with Crippen molar-refractivity contribution in [2.75, 3.05) is 0 Å². The second-order valence-corrected chi connectivity index (χ2v) is 6.03. The van der Waals surface area contributed by atoms with Crippen LogP contribution in [0.1, 0.15) is 32.6 Å². The molecule has 0 saturated heterocycles. The Kier molecular flexibility index (Phi) is 5.80. The van der Waals surface area contributed by atoms with Crippen molar-refractivity contribution in [3.05, 3.63) is 82.4 Å². The van der Waals surface area contributed by atoms with Gasteiger partial charge in [0.15, 0.2) is 11.5 Å². The van der Waals surface area contributed by atoms with Crippen molar-refractivity contribution in [2.45, 2.75) is 0 Å². The minimum atomic E-state index is -1.18. The lowest BCUT2D eigenvalue weighted by atomic mass is 10.1. The van der Waals surface area contributed by atoms with Gasteiger partial charge >= 0.3 is 5.97 Å². The second kappa shape index (κ2) is 8.80. The molecule has 1 N–H and O–H groups in total. The minimum Gasteiger partial charge on any atom is -0.478 e. The van der Waals surface area contributed by atoms with Gasteiger partial charge in [-0.2, -0.15) is 21.0 Å². The fourth-order valence-electron chi connectivity index (χ4n) is 2.61. The molecule has 0 saturated carbocycles. The van der Waals surface area contributed by atoms with Crippen LogP contribution in [0.25, 0.3) is 0 Å². The van der Waals surface area contributed by atoms with Crippen molar-refractivity contribution in [3.63, 3.8) is 0 Å². The van der Waals surface area contributed by atoms with Crippen LogP contribution >= 0.6 is 0 Å². The van der Waals surface area contributed by atoms with Gasteiger partial charge in [0.25, 0.3) is 0 Å². The molecule has 0 heterocycles. The number of carboxylic acid groups (broad SMARTS) is 1. The highest BCUT2D eigenvalue weighted by atomic mass is 16.5. The molecule has 0 amide bonds. The summed E-state index contributed by atoms with van der Waals surface area (Å²) in [5, 5.41) is 45.7. The zero-order chi connectivity index (χ0) is 22.4. The number of benzene rings is 3. The van der Waals surface area contributed by atoms with Gasteiger partial charge in [-0.1, -0.05) is 0 Å². The molecule has 8 nitrogen and oxygen atoms in total. The normalized spacial score (nSPS) is 9.42. The number of hydrogen-bond donors (Lipinski definition) is 1. The van der Waals surface area contributed by atoms with Crippen molar-refractivity contribution < 1.29 is 19.4 Å². The molecule has 0 aliphatic heterocycles. The van der Waals surface area contributed by atoms with Crippen LogP contribution in [0, 0.1) is 45.3 Å². The molecular weight excluding hydrogens is 396 g/mol. The molecule has 0 atom stereocenters. The Bertz CT molecular complexity index is 1370. The van der Waals surface area contributed by atoms with Crippen LogP contribution in [-0.4, -0.2) is 11.1 Å². The molecule has 8 heteroatoms. The summed E-state index contributed by atoms with van der Waals surface area (Å²) in [7, 11) is 0. The third-order valence-corrected chi connectivity index (χ3v) is 4.11. The van der Waals surface area contributed by atoms with Gasteiger partial charge in [-0.25, -0.2) is 4.79 Å². The molecule has 0 fully saturated rings. The molecule has 3 aromatic carbocycles. The average Bonchev–Trinajstić information content (AvgIpc) is 2.79. The van der Waals surface area contributed by atoms with Crippen molar-refractivity contribution in [1.82, 2.24) is 0 Å². The van der Waals surface area contributed by atoms with E-state index in [2.05, 4.69) is 0 Å². The molecule has 0 bridgehead atoms. The van der Waals surface area contributed by atoms with E-state index in [1.165, 1.54) is 54.6 Å². The topological polar surface area (TPSA) is 151 Å². The molecule has 31 heavy (non-hydrogen) atoms. The summed E-state index contributed by atoms with van der Waals surface area (Å²) in [5.41, 5.74) is 0.522. The number of carboxylic acids is 1. The summed E-state index contributed by atoms with van der Waals surface area (Å²) >= 11 is 0. The van der Waals surface area contributed by atoms with Crippen LogP contribution in [0.15, 0.2) is 54.6 Å². The van der Waals surface area contributed by atoms with Crippen molar-refractivity contribution in [2.24, 2.45) is 0 Å². The van der Waals surface area contributed by atoms with E-state index in [-0.39, 0.29) is 50.8 Å². The predicted molar refractivity (Wildman–Crippen MR) is 105 cm³/mol. The molecule has 3 aromatic rings. The van der Waals surface area contributed by atoms with E-state index in [9.17, 15) is 20.4 Å². The van der Waals surface area contributed by atoms with Gasteiger partial charge in [-0.3, -0.25) is 0 Å². The first-order chi connectivity index (χ1) is 15.0. The summed E-state index contributed by atoms with van der Waals surface area (Å²) in [6, 6.07) is 20.1. The van der Waals surface area contributed by atoms with Gasteiger partial charge in [0.2, 0.25) is 0 Å². The van der Waals surface area contributed by atoms with E-state index in [0.717, 1.165) is 0 Å². The van der Waals surface area contributed by atoms with Crippen molar-refractivity contribution >= 4 is 5.97 Å². The first-order valence-electron chi connectivity index (χ1n) is 8.60. The smallest absolute Gasteiger partial charge is 0.335 e. The number of carbonyl (C=O) groups is 1. The maximum Gasteiger partial charge on any atom is 0.335 e. The third-order valence-electron chi connectivity index (χ3n) is 4.11. The fraction of sp³-hybridized carbons (Fsp3) is 0. The van der Waals surface area contributed by atoms with E-state index < -0.39 is 5.97 Å². The number of ether oxygens (including phenoxy) is 2. The quantitative estimate of drug-likeness (QED) is 0.652. The molecule has 0 radical (unpaired) electrons. The number of rotatable bonds is 5. The second-order valence-electron chi connectivity index (χ2n) is 6.03. The average molecular weight is 406 g/mol. The molecule has 0 aliphatic carbocycles. The SMILES string of the molecule is N#Cc1ccc(Oc2ccc(C(=O)O)cc2Oc2ccc(C#N)c(C#N)c2)cc1C#N. The lowest BCUT2D eigenvalue weighted by molar-refractivity contribution is 0.0696. The standard InChI is InChI=1S/C23H10N4O4/c24-10-15-1-4-19(7-17(15)12-26)30-21-6-3-14(23(28)29)9-22(21)31-20-5-2-16(11-25)18(8-20)13-27/h1-9H,(H,28,29). The van der Waals surface area contributed by atoms with Crippen LogP contribution in [0.4, 0.5) is 0 Å². The van der Waals surface area contributed by atoms with Gasteiger partial charge in [0, 0.05) is 0 Å². The van der Waals surface area contributed by atoms with Crippen molar-refractivity contribution in [3.8, 4) is 47.3 Å². The highest BCUT2D eigenvalue weighted by Crippen LogP contribution is 2.36. The molecule has 0 unspecified atom stereocenters. The molecule has 146 valence electrons. The van der Waals surface area contributed by atoms with E-state index in [0.29, 0.717) is 0 Å². The number of nitriles is 4. The Morgan fingerprint density at radius 2 is 1.13 bits per heavy atom. The Labute approximate surface area is 176 Å². The van der Waals surface area contributed by atoms with E-state index >= 15 is 0 Å². The summed E-state index contributed by atoms with van der Waals surface area (Å²) in [6.45, 7) is 0. The zero-order valence-electron chi connectivity index (χ0n) is 15.7. The van der Waals surface area contributed by atoms with Gasteiger partial charge in [0.1, 0.15) is 35.8 Å². The molecular formula is C23H10N4O4. The summed E-state index contributed by atoms with van der Waals surface area (Å²) in [6.07, 6.45) is 0. The van der Waals surface area contributed by atoms with E-state index in [4.69, 9.17) is 20.0 Å². The maximum atomic E-state index is 11.4. The molecule has 0 aromatic heterocycles. The van der Waals surface area contributed by atoms with Crippen molar-refractivity contribution in [1.29, 1.82) is 21.0 Å². The monoisotopic (exact) mass is 406 g/mol. The maximum absolute atomic E-state index is 11.4. The highest BCUT2D eigenvalue weighted by molar-refractivity contribution is 5.88. The van der Waals surface area contributed by atoms with E-state index in [1.54, 1.807) is 0 Å². The molecule has 3 rings (SSSR count). The van der Waals surface area contributed by atoms with Crippen LogP contribution in [0.2, 0.25) is 0 Å². The largest absolute Gasteiger partial charge is 0.478 e. The lowest BCUT2D eigenvalue weighted by Crippen LogP contribution is -1.99.